The second kappa shape index (κ2) is 8.24. The Morgan fingerprint density at radius 1 is 1.28 bits per heavy atom. The molecule has 2 aromatic carbocycles. The van der Waals surface area contributed by atoms with E-state index in [2.05, 4.69) is 66.3 Å². The van der Waals surface area contributed by atoms with Crippen LogP contribution in [-0.4, -0.2) is 47.1 Å². The van der Waals surface area contributed by atoms with Crippen LogP contribution in [0.5, 0.6) is 0 Å². The van der Waals surface area contributed by atoms with Crippen molar-refractivity contribution < 1.29 is 14.3 Å². The number of carbonyl (C=O) groups excluding carboxylic acids is 2. The Morgan fingerprint density at radius 2 is 2.07 bits per heavy atom. The number of carbonyl (C=O) groups is 2. The zero-order valence-electron chi connectivity index (χ0n) is 15.9. The third-order valence-corrected chi connectivity index (χ3v) is 5.66. The fourth-order valence-corrected chi connectivity index (χ4v) is 4.09. The summed E-state index contributed by atoms with van der Waals surface area (Å²) in [5, 5.41) is 4.75. The van der Waals surface area contributed by atoms with Crippen LogP contribution >= 0.6 is 15.9 Å². The van der Waals surface area contributed by atoms with Gasteiger partial charge < -0.3 is 19.9 Å². The minimum atomic E-state index is -0.613. The molecule has 3 aromatic rings. The number of aromatic amines is 1. The summed E-state index contributed by atoms with van der Waals surface area (Å²) < 4.78 is 5.57. The number of ether oxygens (including phenoxy) is 1. The van der Waals surface area contributed by atoms with Gasteiger partial charge in [0.25, 0.3) is 0 Å². The van der Waals surface area contributed by atoms with Crippen molar-refractivity contribution in [3.8, 4) is 11.3 Å². The highest BCUT2D eigenvalue weighted by Crippen LogP contribution is 2.32. The van der Waals surface area contributed by atoms with E-state index in [9.17, 15) is 9.59 Å². The van der Waals surface area contributed by atoms with E-state index in [0.717, 1.165) is 45.2 Å². The number of halogens is 1. The molecule has 150 valence electrons. The molecule has 0 spiro atoms. The fraction of sp³-hybridized carbons (Fsp3) is 0.286. The molecule has 1 fully saturated rings. The van der Waals surface area contributed by atoms with Gasteiger partial charge in [-0.3, -0.25) is 4.79 Å². The van der Waals surface area contributed by atoms with Gasteiger partial charge in [0, 0.05) is 16.6 Å². The molecule has 1 saturated heterocycles. The predicted octanol–water partition coefficient (Wildman–Crippen LogP) is 4.01. The van der Waals surface area contributed by atoms with E-state index in [4.69, 9.17) is 0 Å². The molecule has 1 aliphatic rings. The normalized spacial score (nSPS) is 16.2. The molecule has 7 nitrogen and oxygen atoms in total. The minimum Gasteiger partial charge on any atom is -0.453 e. The van der Waals surface area contributed by atoms with Crippen molar-refractivity contribution in [2.75, 3.05) is 20.2 Å². The SMILES string of the molecule is COC(=O)NCC(=O)N1CCC[C@@H]1c1ncc(-c2ccc3cc(Br)ccc3c2)[nH]1. The van der Waals surface area contributed by atoms with Crippen molar-refractivity contribution >= 4 is 38.7 Å². The third kappa shape index (κ3) is 4.12. The molecule has 8 heteroatoms. The standard InChI is InChI=1S/C21H21BrN4O3/c1-29-21(28)24-12-19(27)26-8-2-3-18(26)20-23-11-17(25-20)15-5-4-14-10-16(22)7-6-13(14)9-15/h4-7,9-11,18H,2-3,8,12H2,1H3,(H,23,25)(H,24,28)/t18-/m1/s1. The first-order chi connectivity index (χ1) is 14.0. The molecular formula is C21H21BrN4O3. The molecule has 0 unspecified atom stereocenters. The number of benzene rings is 2. The molecule has 29 heavy (non-hydrogen) atoms. The molecular weight excluding hydrogens is 436 g/mol. The highest BCUT2D eigenvalue weighted by Gasteiger charge is 2.32. The van der Waals surface area contributed by atoms with Gasteiger partial charge in [0.1, 0.15) is 12.4 Å². The number of nitrogens with one attached hydrogen (secondary N) is 2. The van der Waals surface area contributed by atoms with Gasteiger partial charge in [-0.1, -0.05) is 34.1 Å². The number of alkyl carbamates (subject to hydrolysis) is 1. The van der Waals surface area contributed by atoms with Crippen LogP contribution < -0.4 is 5.32 Å². The summed E-state index contributed by atoms with van der Waals surface area (Å²) in [6.07, 6.45) is 2.93. The maximum absolute atomic E-state index is 12.5. The molecule has 2 amide bonds. The average molecular weight is 457 g/mol. The number of hydrogen-bond donors (Lipinski definition) is 2. The summed E-state index contributed by atoms with van der Waals surface area (Å²) >= 11 is 3.50. The van der Waals surface area contributed by atoms with Crippen molar-refractivity contribution in [2.24, 2.45) is 0 Å². The van der Waals surface area contributed by atoms with Gasteiger partial charge >= 0.3 is 6.09 Å². The van der Waals surface area contributed by atoms with Crippen LogP contribution in [0.3, 0.4) is 0 Å². The lowest BCUT2D eigenvalue weighted by Gasteiger charge is -2.23. The largest absolute Gasteiger partial charge is 0.453 e. The Balaban J connectivity index is 1.53. The van der Waals surface area contributed by atoms with Gasteiger partial charge in [-0.25, -0.2) is 9.78 Å². The fourth-order valence-electron chi connectivity index (χ4n) is 3.71. The van der Waals surface area contributed by atoms with Crippen molar-refractivity contribution in [2.45, 2.75) is 18.9 Å². The first-order valence-electron chi connectivity index (χ1n) is 9.41. The van der Waals surface area contributed by atoms with Crippen LogP contribution in [0.4, 0.5) is 4.79 Å². The van der Waals surface area contributed by atoms with E-state index in [1.165, 1.54) is 7.11 Å². The molecule has 4 rings (SSSR count). The van der Waals surface area contributed by atoms with Gasteiger partial charge in [-0.05, 0) is 41.8 Å². The second-order valence-electron chi connectivity index (χ2n) is 6.98. The number of methoxy groups -OCH3 is 1. The number of fused-ring (bicyclic) bond motifs is 1. The molecule has 1 atom stereocenters. The number of H-pyrrole nitrogens is 1. The summed E-state index contributed by atoms with van der Waals surface area (Å²) in [5.41, 5.74) is 1.96. The first-order valence-corrected chi connectivity index (χ1v) is 10.2. The number of rotatable bonds is 4. The smallest absolute Gasteiger partial charge is 0.407 e. The first kappa shape index (κ1) is 19.4. The highest BCUT2D eigenvalue weighted by atomic mass is 79.9. The zero-order valence-corrected chi connectivity index (χ0v) is 17.5. The van der Waals surface area contributed by atoms with E-state index in [-0.39, 0.29) is 18.5 Å². The van der Waals surface area contributed by atoms with Crippen molar-refractivity contribution in [3.05, 3.63) is 52.9 Å². The van der Waals surface area contributed by atoms with Crippen LogP contribution in [0, 0.1) is 0 Å². The molecule has 0 bridgehead atoms. The molecule has 2 N–H and O–H groups in total. The quantitative estimate of drug-likeness (QED) is 0.620. The molecule has 1 aliphatic heterocycles. The van der Waals surface area contributed by atoms with Gasteiger partial charge in [0.15, 0.2) is 0 Å². The summed E-state index contributed by atoms with van der Waals surface area (Å²) in [4.78, 5) is 33.4. The van der Waals surface area contributed by atoms with Crippen molar-refractivity contribution in [1.29, 1.82) is 0 Å². The molecule has 1 aromatic heterocycles. The average Bonchev–Trinajstić information content (AvgIpc) is 3.40. The topological polar surface area (TPSA) is 87.3 Å². The van der Waals surface area contributed by atoms with E-state index in [0.29, 0.717) is 6.54 Å². The maximum atomic E-state index is 12.5. The van der Waals surface area contributed by atoms with E-state index >= 15 is 0 Å². The summed E-state index contributed by atoms with van der Waals surface area (Å²) in [7, 11) is 1.27. The summed E-state index contributed by atoms with van der Waals surface area (Å²) in [6, 6.07) is 12.3. The van der Waals surface area contributed by atoms with Crippen LogP contribution in [0.1, 0.15) is 24.7 Å². The number of hydrogen-bond acceptors (Lipinski definition) is 4. The van der Waals surface area contributed by atoms with Crippen LogP contribution in [0.15, 0.2) is 47.1 Å². The lowest BCUT2D eigenvalue weighted by Crippen LogP contribution is -2.40. The Bertz CT molecular complexity index is 1070. The van der Waals surface area contributed by atoms with Crippen molar-refractivity contribution in [3.63, 3.8) is 0 Å². The summed E-state index contributed by atoms with van der Waals surface area (Å²) in [6.45, 7) is 0.560. The number of imidazole rings is 1. The molecule has 0 aliphatic carbocycles. The third-order valence-electron chi connectivity index (χ3n) is 5.17. The van der Waals surface area contributed by atoms with Crippen LogP contribution in [0.2, 0.25) is 0 Å². The Hall–Kier alpha value is -2.87. The van der Waals surface area contributed by atoms with E-state index in [1.807, 2.05) is 12.3 Å². The maximum Gasteiger partial charge on any atom is 0.407 e. The lowest BCUT2D eigenvalue weighted by molar-refractivity contribution is -0.131. The van der Waals surface area contributed by atoms with Crippen molar-refractivity contribution in [1.82, 2.24) is 20.2 Å². The van der Waals surface area contributed by atoms with Crippen LogP contribution in [0.25, 0.3) is 22.0 Å². The second-order valence-corrected chi connectivity index (χ2v) is 7.89. The molecule has 0 saturated carbocycles. The predicted molar refractivity (Wildman–Crippen MR) is 113 cm³/mol. The highest BCUT2D eigenvalue weighted by molar-refractivity contribution is 9.10. The minimum absolute atomic E-state index is 0.0863. The zero-order chi connectivity index (χ0) is 20.4. The van der Waals surface area contributed by atoms with Crippen LogP contribution in [-0.2, 0) is 9.53 Å². The Kier molecular flexibility index (Phi) is 5.53. The van der Waals surface area contributed by atoms with Gasteiger partial charge in [-0.2, -0.15) is 0 Å². The molecule has 2 heterocycles. The monoisotopic (exact) mass is 456 g/mol. The number of aromatic nitrogens is 2. The summed E-state index contributed by atoms with van der Waals surface area (Å²) in [5.74, 6) is 0.618. The van der Waals surface area contributed by atoms with E-state index in [1.54, 1.807) is 4.90 Å². The Labute approximate surface area is 176 Å². The lowest BCUT2D eigenvalue weighted by atomic mass is 10.1. The van der Waals surface area contributed by atoms with Gasteiger partial charge in [0.2, 0.25) is 5.91 Å². The molecule has 0 radical (unpaired) electrons. The number of nitrogens with zero attached hydrogens (tertiary/aromatic N) is 2. The van der Waals surface area contributed by atoms with E-state index < -0.39 is 6.09 Å². The Morgan fingerprint density at radius 3 is 2.90 bits per heavy atom. The van der Waals surface area contributed by atoms with Gasteiger partial charge in [-0.15, -0.1) is 0 Å². The van der Waals surface area contributed by atoms with Gasteiger partial charge in [0.05, 0.1) is 25.0 Å². The number of amides is 2. The number of likely N-dealkylation sites (tertiary alicyclic amines) is 1.